The number of nitrogens with zero attached hydrogens (tertiary/aromatic N) is 3. The summed E-state index contributed by atoms with van der Waals surface area (Å²) in [5, 5.41) is 0. The molecule has 2 unspecified atom stereocenters. The van der Waals surface area contributed by atoms with Crippen molar-refractivity contribution in [1.82, 2.24) is 14.7 Å². The highest BCUT2D eigenvalue weighted by atomic mass is 15.4. The lowest BCUT2D eigenvalue weighted by Crippen LogP contribution is -2.73. The fourth-order valence-corrected chi connectivity index (χ4v) is 4.34. The van der Waals surface area contributed by atoms with Gasteiger partial charge in [0.2, 0.25) is 0 Å². The molecule has 116 valence electrons. The molecule has 2 atom stereocenters. The maximum Gasteiger partial charge on any atom is 0.0355 e. The summed E-state index contributed by atoms with van der Waals surface area (Å²) in [4.78, 5) is 8.23. The number of hydrogen-bond donors (Lipinski definition) is 0. The Hall–Kier alpha value is -0.120. The van der Waals surface area contributed by atoms with E-state index in [4.69, 9.17) is 0 Å². The second-order valence-corrected chi connectivity index (χ2v) is 9.13. The summed E-state index contributed by atoms with van der Waals surface area (Å²) in [6.07, 6.45) is 2.83. The minimum absolute atomic E-state index is 0.340. The SMILES string of the molecule is CC(C)(C)N1CC(N2CC3CCC2CN3C(C)(C)C)C1. The van der Waals surface area contributed by atoms with Crippen LogP contribution in [0.1, 0.15) is 54.4 Å². The Morgan fingerprint density at radius 1 is 0.650 bits per heavy atom. The largest absolute Gasteiger partial charge is 0.295 e. The predicted octanol–water partition coefficient (Wildman–Crippen LogP) is 2.42. The van der Waals surface area contributed by atoms with Gasteiger partial charge >= 0.3 is 0 Å². The highest BCUT2D eigenvalue weighted by Gasteiger charge is 2.48. The lowest BCUT2D eigenvalue weighted by Gasteiger charge is -2.61. The van der Waals surface area contributed by atoms with Gasteiger partial charge in [-0.05, 0) is 54.4 Å². The Bertz CT molecular complexity index is 359. The first-order valence-corrected chi connectivity index (χ1v) is 8.44. The molecule has 3 nitrogen and oxygen atoms in total. The summed E-state index contributed by atoms with van der Waals surface area (Å²) in [5.74, 6) is 0. The topological polar surface area (TPSA) is 9.72 Å². The third-order valence-corrected chi connectivity index (χ3v) is 5.71. The van der Waals surface area contributed by atoms with E-state index in [1.807, 2.05) is 0 Å². The lowest BCUT2D eigenvalue weighted by atomic mass is 9.84. The fraction of sp³-hybridized carbons (Fsp3) is 1.00. The lowest BCUT2D eigenvalue weighted by molar-refractivity contribution is -0.117. The second-order valence-electron chi connectivity index (χ2n) is 9.13. The van der Waals surface area contributed by atoms with Gasteiger partial charge in [-0.1, -0.05) is 0 Å². The van der Waals surface area contributed by atoms with E-state index in [0.29, 0.717) is 11.1 Å². The number of rotatable bonds is 1. The molecule has 4 aliphatic heterocycles. The van der Waals surface area contributed by atoms with E-state index in [1.165, 1.54) is 39.0 Å². The molecule has 2 bridgehead atoms. The molecular formula is C17H33N3. The van der Waals surface area contributed by atoms with Crippen molar-refractivity contribution in [3.63, 3.8) is 0 Å². The van der Waals surface area contributed by atoms with E-state index in [-0.39, 0.29) is 0 Å². The van der Waals surface area contributed by atoms with Gasteiger partial charge in [0.1, 0.15) is 0 Å². The maximum absolute atomic E-state index is 2.85. The first-order valence-electron chi connectivity index (χ1n) is 8.44. The van der Waals surface area contributed by atoms with Gasteiger partial charge in [-0.25, -0.2) is 0 Å². The molecule has 0 aromatic rings. The number of piperidine rings is 2. The van der Waals surface area contributed by atoms with Gasteiger partial charge in [-0.2, -0.15) is 0 Å². The summed E-state index contributed by atoms with van der Waals surface area (Å²) >= 11 is 0. The normalized spacial score (nSPS) is 34.5. The molecular weight excluding hydrogens is 246 g/mol. The van der Waals surface area contributed by atoms with Gasteiger partial charge in [-0.3, -0.25) is 14.7 Å². The fourth-order valence-electron chi connectivity index (χ4n) is 4.34. The number of fused-ring (bicyclic) bond motifs is 3. The molecule has 0 radical (unpaired) electrons. The van der Waals surface area contributed by atoms with E-state index >= 15 is 0 Å². The molecule has 4 heterocycles. The number of hydrogen-bond acceptors (Lipinski definition) is 3. The third-order valence-electron chi connectivity index (χ3n) is 5.71. The van der Waals surface area contributed by atoms with Crippen molar-refractivity contribution in [2.75, 3.05) is 26.2 Å². The van der Waals surface area contributed by atoms with Crippen molar-refractivity contribution in [2.24, 2.45) is 0 Å². The molecule has 3 heteroatoms. The van der Waals surface area contributed by atoms with Crippen LogP contribution in [0, 0.1) is 0 Å². The molecule has 4 fully saturated rings. The van der Waals surface area contributed by atoms with E-state index < -0.39 is 0 Å². The van der Waals surface area contributed by atoms with E-state index in [1.54, 1.807) is 0 Å². The minimum atomic E-state index is 0.340. The smallest absolute Gasteiger partial charge is 0.0355 e. The second kappa shape index (κ2) is 4.69. The van der Waals surface area contributed by atoms with Crippen molar-refractivity contribution in [3.05, 3.63) is 0 Å². The van der Waals surface area contributed by atoms with Crippen LogP contribution in [0.2, 0.25) is 0 Å². The first-order chi connectivity index (χ1) is 9.16. The quantitative estimate of drug-likeness (QED) is 0.730. The first kappa shape index (κ1) is 14.8. The average Bonchev–Trinajstić information content (AvgIpc) is 2.24. The highest BCUT2D eigenvalue weighted by Crippen LogP contribution is 2.37. The Balaban J connectivity index is 1.61. The van der Waals surface area contributed by atoms with Crippen LogP contribution >= 0.6 is 0 Å². The van der Waals surface area contributed by atoms with Gasteiger partial charge in [-0.15, -0.1) is 0 Å². The molecule has 0 saturated carbocycles. The average molecular weight is 279 g/mol. The molecule has 0 spiro atoms. The van der Waals surface area contributed by atoms with Crippen molar-refractivity contribution in [3.8, 4) is 0 Å². The van der Waals surface area contributed by atoms with Crippen LogP contribution in [0.3, 0.4) is 0 Å². The van der Waals surface area contributed by atoms with Gasteiger partial charge in [0.15, 0.2) is 0 Å². The van der Waals surface area contributed by atoms with Gasteiger partial charge in [0.05, 0.1) is 0 Å². The summed E-state index contributed by atoms with van der Waals surface area (Å²) in [7, 11) is 0. The number of likely N-dealkylation sites (tertiary alicyclic amines) is 1. The van der Waals surface area contributed by atoms with E-state index in [9.17, 15) is 0 Å². The zero-order chi connectivity index (χ0) is 14.7. The molecule has 0 amide bonds. The highest BCUT2D eigenvalue weighted by molar-refractivity contribution is 5.04. The standard InChI is InChI=1S/C17H33N3/c1-16(2,3)18-9-15(10-18)19-11-14-8-7-13(19)12-20(14)17(4,5)6/h13-15H,7-12H2,1-6H3. The van der Waals surface area contributed by atoms with Crippen molar-refractivity contribution in [1.29, 1.82) is 0 Å². The maximum atomic E-state index is 2.85. The number of piperazine rings is 1. The van der Waals surface area contributed by atoms with Crippen molar-refractivity contribution in [2.45, 2.75) is 83.6 Å². The van der Waals surface area contributed by atoms with Crippen LogP contribution in [0.5, 0.6) is 0 Å². The third kappa shape index (κ3) is 2.53. The Labute approximate surface area is 125 Å². The molecule has 4 aliphatic rings. The summed E-state index contributed by atoms with van der Waals surface area (Å²) < 4.78 is 0. The Morgan fingerprint density at radius 2 is 1.25 bits per heavy atom. The Morgan fingerprint density at radius 3 is 1.70 bits per heavy atom. The van der Waals surface area contributed by atoms with Crippen LogP contribution in [0.4, 0.5) is 0 Å². The van der Waals surface area contributed by atoms with E-state index in [2.05, 4.69) is 56.2 Å². The Kier molecular flexibility index (Phi) is 3.47. The zero-order valence-corrected chi connectivity index (χ0v) is 14.3. The monoisotopic (exact) mass is 279 g/mol. The minimum Gasteiger partial charge on any atom is -0.295 e. The van der Waals surface area contributed by atoms with Crippen LogP contribution in [-0.2, 0) is 0 Å². The molecule has 20 heavy (non-hydrogen) atoms. The van der Waals surface area contributed by atoms with E-state index in [0.717, 1.165) is 18.1 Å². The predicted molar refractivity (Wildman–Crippen MR) is 85.1 cm³/mol. The molecule has 0 aromatic heterocycles. The summed E-state index contributed by atoms with van der Waals surface area (Å²) in [6.45, 7) is 19.3. The van der Waals surface area contributed by atoms with Crippen LogP contribution < -0.4 is 0 Å². The van der Waals surface area contributed by atoms with Crippen LogP contribution in [0.25, 0.3) is 0 Å². The molecule has 4 rings (SSSR count). The zero-order valence-electron chi connectivity index (χ0n) is 14.3. The summed E-state index contributed by atoms with van der Waals surface area (Å²) in [5.41, 5.74) is 0.690. The van der Waals surface area contributed by atoms with Crippen molar-refractivity contribution < 1.29 is 0 Å². The molecule has 0 aromatic carbocycles. The van der Waals surface area contributed by atoms with Gasteiger partial charge in [0, 0.05) is 55.4 Å². The van der Waals surface area contributed by atoms with Crippen LogP contribution in [0.15, 0.2) is 0 Å². The molecule has 4 saturated heterocycles. The van der Waals surface area contributed by atoms with Gasteiger partial charge in [0.25, 0.3) is 0 Å². The van der Waals surface area contributed by atoms with Gasteiger partial charge < -0.3 is 0 Å². The molecule has 0 N–H and O–H groups in total. The summed E-state index contributed by atoms with van der Waals surface area (Å²) in [6, 6.07) is 2.43. The van der Waals surface area contributed by atoms with Crippen LogP contribution in [-0.4, -0.2) is 70.1 Å². The molecule has 0 aliphatic carbocycles. The van der Waals surface area contributed by atoms with Crippen molar-refractivity contribution >= 4 is 0 Å².